The molecule has 0 aliphatic heterocycles. The Morgan fingerprint density at radius 2 is 1.13 bits per heavy atom. The number of nitrogens with one attached hydrogen (secondary N) is 1. The Hall–Kier alpha value is -3.72. The van der Waals surface area contributed by atoms with Crippen LogP contribution >= 0.6 is 23.0 Å². The smallest absolute Gasteiger partial charge is 0.253 e. The molecule has 0 aliphatic rings. The average Bonchev–Trinajstić information content (AvgIpc) is 2.98. The molecule has 188 valence electrons. The first-order chi connectivity index (χ1) is 18.6. The van der Waals surface area contributed by atoms with Gasteiger partial charge in [-0.1, -0.05) is 137 Å². The fraction of sp³-hybridized carbons (Fsp3) is 0.0606. The summed E-state index contributed by atoms with van der Waals surface area (Å²) in [6, 6.07) is 46.9. The predicted molar refractivity (Wildman–Crippen MR) is 164 cm³/mol. The van der Waals surface area contributed by atoms with E-state index in [1.807, 2.05) is 73.7 Å². The molecule has 1 atom stereocenters. The lowest BCUT2D eigenvalue weighted by Gasteiger charge is -2.27. The van der Waals surface area contributed by atoms with Gasteiger partial charge >= 0.3 is 0 Å². The molecule has 0 bridgehead atoms. The SMILES string of the molecule is C[C@@H](NC(=O)c1cc(Br)ccc1N=P(c1ccccc1)(c1ccccc1)c1ccccc1)c1ccccc1. The zero-order valence-electron chi connectivity index (χ0n) is 21.0. The van der Waals surface area contributed by atoms with E-state index >= 15 is 0 Å². The van der Waals surface area contributed by atoms with E-state index in [1.165, 1.54) is 0 Å². The molecular formula is C33H28BrN2OP. The van der Waals surface area contributed by atoms with Gasteiger partial charge in [0.15, 0.2) is 0 Å². The molecule has 0 spiro atoms. The van der Waals surface area contributed by atoms with Crippen LogP contribution in [0.3, 0.4) is 0 Å². The zero-order chi connectivity index (χ0) is 26.4. The average molecular weight is 579 g/mol. The van der Waals surface area contributed by atoms with E-state index in [-0.39, 0.29) is 11.9 Å². The van der Waals surface area contributed by atoms with Crippen LogP contribution in [0.25, 0.3) is 0 Å². The van der Waals surface area contributed by atoms with E-state index in [4.69, 9.17) is 4.74 Å². The van der Waals surface area contributed by atoms with E-state index in [1.54, 1.807) is 0 Å². The van der Waals surface area contributed by atoms with E-state index in [0.717, 1.165) is 25.9 Å². The van der Waals surface area contributed by atoms with Crippen LogP contribution in [0.2, 0.25) is 0 Å². The van der Waals surface area contributed by atoms with Gasteiger partial charge in [-0.25, -0.2) is 0 Å². The number of hydrogen-bond acceptors (Lipinski definition) is 2. The molecular weight excluding hydrogens is 551 g/mol. The maximum atomic E-state index is 13.7. The summed E-state index contributed by atoms with van der Waals surface area (Å²) < 4.78 is 6.40. The Labute approximate surface area is 232 Å². The molecule has 5 heteroatoms. The number of carbonyl (C=O) groups is 1. The van der Waals surface area contributed by atoms with Crippen molar-refractivity contribution < 1.29 is 4.79 Å². The van der Waals surface area contributed by atoms with Crippen LogP contribution in [0.15, 0.2) is 149 Å². The summed E-state index contributed by atoms with van der Waals surface area (Å²) >= 11 is 3.58. The first-order valence-electron chi connectivity index (χ1n) is 12.5. The topological polar surface area (TPSA) is 41.5 Å². The van der Waals surface area contributed by atoms with Gasteiger partial charge in [0.2, 0.25) is 0 Å². The molecule has 0 saturated carbocycles. The van der Waals surface area contributed by atoms with Crippen molar-refractivity contribution in [2.45, 2.75) is 13.0 Å². The van der Waals surface area contributed by atoms with Gasteiger partial charge < -0.3 is 5.32 Å². The van der Waals surface area contributed by atoms with Gasteiger partial charge in [-0.2, -0.15) is 0 Å². The molecule has 0 unspecified atom stereocenters. The Balaban J connectivity index is 1.74. The van der Waals surface area contributed by atoms with Crippen LogP contribution in [-0.2, 0) is 0 Å². The minimum absolute atomic E-state index is 0.146. The summed E-state index contributed by atoms with van der Waals surface area (Å²) in [6.07, 6.45) is 0. The fourth-order valence-electron chi connectivity index (χ4n) is 4.59. The third-order valence-corrected chi connectivity index (χ3v) is 10.6. The van der Waals surface area contributed by atoms with Crippen molar-refractivity contribution in [2.24, 2.45) is 4.74 Å². The van der Waals surface area contributed by atoms with Crippen LogP contribution in [0, 0.1) is 0 Å². The van der Waals surface area contributed by atoms with Crippen molar-refractivity contribution in [3.63, 3.8) is 0 Å². The first kappa shape index (κ1) is 25.9. The van der Waals surface area contributed by atoms with Crippen molar-refractivity contribution in [3.8, 4) is 0 Å². The maximum Gasteiger partial charge on any atom is 0.253 e. The lowest BCUT2D eigenvalue weighted by atomic mass is 10.1. The van der Waals surface area contributed by atoms with Crippen molar-refractivity contribution >= 4 is 50.5 Å². The minimum atomic E-state index is -2.52. The van der Waals surface area contributed by atoms with Gasteiger partial charge in [-0.3, -0.25) is 9.54 Å². The number of hydrogen-bond donors (Lipinski definition) is 1. The summed E-state index contributed by atoms with van der Waals surface area (Å²) in [5.41, 5.74) is 2.25. The number of rotatable bonds is 7. The summed E-state index contributed by atoms with van der Waals surface area (Å²) in [7, 11) is -2.52. The molecule has 0 aromatic heterocycles. The highest BCUT2D eigenvalue weighted by molar-refractivity contribution is 9.10. The lowest BCUT2D eigenvalue weighted by molar-refractivity contribution is 0.0940. The number of halogens is 1. The Bertz CT molecular complexity index is 1470. The van der Waals surface area contributed by atoms with Gasteiger partial charge in [0.05, 0.1) is 24.3 Å². The van der Waals surface area contributed by atoms with E-state index in [2.05, 4.69) is 94.0 Å². The van der Waals surface area contributed by atoms with Gasteiger partial charge in [0, 0.05) is 20.4 Å². The van der Waals surface area contributed by atoms with Crippen LogP contribution in [0.4, 0.5) is 5.69 Å². The molecule has 1 amide bonds. The molecule has 0 heterocycles. The van der Waals surface area contributed by atoms with Gasteiger partial charge in [0.25, 0.3) is 5.91 Å². The van der Waals surface area contributed by atoms with Crippen LogP contribution in [0.5, 0.6) is 0 Å². The summed E-state index contributed by atoms with van der Waals surface area (Å²) in [5.74, 6) is -0.159. The fourth-order valence-corrected chi connectivity index (χ4v) is 8.50. The van der Waals surface area contributed by atoms with Crippen LogP contribution in [0.1, 0.15) is 28.9 Å². The van der Waals surface area contributed by atoms with Crippen LogP contribution in [-0.4, -0.2) is 5.91 Å². The molecule has 0 fully saturated rings. The molecule has 38 heavy (non-hydrogen) atoms. The molecule has 1 N–H and O–H groups in total. The highest BCUT2D eigenvalue weighted by Gasteiger charge is 2.28. The van der Waals surface area contributed by atoms with Crippen molar-refractivity contribution in [1.82, 2.24) is 5.32 Å². The molecule has 0 radical (unpaired) electrons. The minimum Gasteiger partial charge on any atom is -0.345 e. The number of amides is 1. The van der Waals surface area contributed by atoms with E-state index in [9.17, 15) is 4.79 Å². The Kier molecular flexibility index (Phi) is 8.03. The van der Waals surface area contributed by atoms with Crippen molar-refractivity contribution in [3.05, 3.63) is 155 Å². The normalized spacial score (nSPS) is 11.9. The van der Waals surface area contributed by atoms with Gasteiger partial charge in [-0.05, 0) is 30.7 Å². The second-order valence-corrected chi connectivity index (χ2v) is 12.9. The van der Waals surface area contributed by atoms with Gasteiger partial charge in [0.1, 0.15) is 0 Å². The van der Waals surface area contributed by atoms with E-state index < -0.39 is 7.05 Å². The summed E-state index contributed by atoms with van der Waals surface area (Å²) in [4.78, 5) is 13.7. The summed E-state index contributed by atoms with van der Waals surface area (Å²) in [5, 5.41) is 6.56. The van der Waals surface area contributed by atoms with Gasteiger partial charge in [-0.15, -0.1) is 0 Å². The maximum absolute atomic E-state index is 13.7. The largest absolute Gasteiger partial charge is 0.345 e. The second-order valence-electron chi connectivity index (χ2n) is 9.01. The quantitative estimate of drug-likeness (QED) is 0.197. The number of benzene rings is 5. The molecule has 5 aromatic rings. The van der Waals surface area contributed by atoms with E-state index in [0.29, 0.717) is 11.3 Å². The van der Waals surface area contributed by atoms with Crippen molar-refractivity contribution in [2.75, 3.05) is 0 Å². The Morgan fingerprint density at radius 1 is 0.684 bits per heavy atom. The lowest BCUT2D eigenvalue weighted by Crippen LogP contribution is -2.27. The second kappa shape index (κ2) is 11.8. The molecule has 5 aromatic carbocycles. The highest BCUT2D eigenvalue weighted by Crippen LogP contribution is 2.50. The van der Waals surface area contributed by atoms with Crippen LogP contribution < -0.4 is 21.2 Å². The predicted octanol–water partition coefficient (Wildman–Crippen LogP) is 7.75. The van der Waals surface area contributed by atoms with Crippen molar-refractivity contribution in [1.29, 1.82) is 0 Å². The third kappa shape index (κ3) is 5.43. The monoisotopic (exact) mass is 578 g/mol. The number of carbonyl (C=O) groups excluding carboxylic acids is 1. The zero-order valence-corrected chi connectivity index (χ0v) is 23.5. The molecule has 3 nitrogen and oxygen atoms in total. The molecule has 0 aliphatic carbocycles. The summed E-state index contributed by atoms with van der Waals surface area (Å²) in [6.45, 7) is 2.00. The molecule has 0 saturated heterocycles. The third-order valence-electron chi connectivity index (χ3n) is 6.50. The first-order valence-corrected chi connectivity index (χ1v) is 15.1. The number of nitrogens with zero attached hydrogens (tertiary/aromatic N) is 1. The molecule has 5 rings (SSSR count). The Morgan fingerprint density at radius 3 is 1.61 bits per heavy atom. The highest BCUT2D eigenvalue weighted by atomic mass is 79.9. The standard InChI is InChI=1S/C33H28BrN2OP/c1-25(26-14-6-2-7-15-26)35-33(37)31-24-27(34)22-23-32(31)36-38(28-16-8-3-9-17-28,29-18-10-4-11-19-29)30-20-12-5-13-21-30/h2-25H,1H3,(H,35,37)/t25-/m1/s1.